The second-order valence-corrected chi connectivity index (χ2v) is 7.33. The van der Waals surface area contributed by atoms with E-state index in [9.17, 15) is 18.0 Å². The summed E-state index contributed by atoms with van der Waals surface area (Å²) in [5.74, 6) is -0.000137. The molecule has 1 aromatic carbocycles. The molecule has 2 aromatic rings. The fourth-order valence-corrected chi connectivity index (χ4v) is 2.03. The first kappa shape index (κ1) is 19.0. The molecule has 1 amide bonds. The van der Waals surface area contributed by atoms with Gasteiger partial charge in [-0.05, 0) is 32.0 Å². The third-order valence-corrected chi connectivity index (χ3v) is 3.50. The average Bonchev–Trinajstić information content (AvgIpc) is 2.97. The Bertz CT molecular complexity index is 774. The van der Waals surface area contributed by atoms with Crippen LogP contribution in [0.4, 0.5) is 13.2 Å². The number of amides is 1. The molecular weight excluding hydrogens is 335 g/mol. The molecule has 0 fully saturated rings. The van der Waals surface area contributed by atoms with Crippen molar-refractivity contribution in [1.29, 1.82) is 0 Å². The van der Waals surface area contributed by atoms with Gasteiger partial charge in [0.05, 0.1) is 11.1 Å². The third-order valence-electron chi connectivity index (χ3n) is 3.50. The lowest BCUT2D eigenvalue weighted by Crippen LogP contribution is -2.42. The first-order valence-electron chi connectivity index (χ1n) is 7.65. The normalized spacial score (nSPS) is 13.0. The maximum absolute atomic E-state index is 12.8. The van der Waals surface area contributed by atoms with Crippen molar-refractivity contribution in [3.05, 3.63) is 47.1 Å². The number of carbonyl (C=O) groups is 1. The molecule has 0 atom stereocenters. The number of benzene rings is 1. The number of alkyl halides is 3. The van der Waals surface area contributed by atoms with Crippen LogP contribution in [0.15, 0.2) is 28.8 Å². The van der Waals surface area contributed by atoms with Crippen LogP contribution in [0.25, 0.3) is 0 Å². The van der Waals surface area contributed by atoms with Crippen molar-refractivity contribution < 1.29 is 22.5 Å². The Morgan fingerprint density at radius 1 is 1.12 bits per heavy atom. The van der Waals surface area contributed by atoms with E-state index < -0.39 is 23.2 Å². The molecule has 2 rings (SSSR count). The number of carbonyl (C=O) groups excluding carboxylic acids is 1. The van der Waals surface area contributed by atoms with E-state index in [1.54, 1.807) is 13.8 Å². The predicted molar refractivity (Wildman–Crippen MR) is 84.9 cm³/mol. The third kappa shape index (κ3) is 4.37. The number of hydrogen-bond donors (Lipinski definition) is 1. The van der Waals surface area contributed by atoms with Gasteiger partial charge in [-0.2, -0.15) is 18.2 Å². The van der Waals surface area contributed by atoms with Crippen molar-refractivity contribution in [1.82, 2.24) is 15.5 Å². The zero-order valence-corrected chi connectivity index (χ0v) is 14.7. The monoisotopic (exact) mass is 355 g/mol. The van der Waals surface area contributed by atoms with Crippen LogP contribution >= 0.6 is 0 Å². The van der Waals surface area contributed by atoms with E-state index in [0.29, 0.717) is 5.89 Å². The number of hydrogen-bond acceptors (Lipinski definition) is 4. The van der Waals surface area contributed by atoms with Crippen LogP contribution in [0.3, 0.4) is 0 Å². The van der Waals surface area contributed by atoms with Crippen molar-refractivity contribution in [2.24, 2.45) is 0 Å². The second kappa shape index (κ2) is 6.16. The molecule has 0 bridgehead atoms. The molecular formula is C17H20F3N3O2. The van der Waals surface area contributed by atoms with Crippen LogP contribution in [-0.2, 0) is 17.1 Å². The molecule has 0 aliphatic carbocycles. The molecule has 0 saturated heterocycles. The van der Waals surface area contributed by atoms with Crippen LogP contribution in [0.5, 0.6) is 0 Å². The Hall–Kier alpha value is -2.38. The van der Waals surface area contributed by atoms with Crippen LogP contribution in [0.2, 0.25) is 0 Å². The summed E-state index contributed by atoms with van der Waals surface area (Å²) in [5.41, 5.74) is -2.35. The van der Waals surface area contributed by atoms with E-state index in [1.165, 1.54) is 12.1 Å². The number of nitrogens with one attached hydrogen (secondary N) is 1. The minimum absolute atomic E-state index is 0.0950. The number of rotatable bonds is 3. The van der Waals surface area contributed by atoms with E-state index in [2.05, 4.69) is 15.5 Å². The molecule has 5 nitrogen and oxygen atoms in total. The molecule has 0 unspecified atom stereocenters. The maximum atomic E-state index is 12.8. The molecule has 1 N–H and O–H groups in total. The minimum atomic E-state index is -4.51. The standard InChI is InChI=1S/C17H20F3N3O2/c1-15(2,3)14-21-13(23-25-14)16(4,5)22-12(24)10-7-6-8-11(9-10)17(18,19)20/h6-9H,1-5H3,(H,22,24). The predicted octanol–water partition coefficient (Wildman–Crippen LogP) is 4.05. The van der Waals surface area contributed by atoms with Gasteiger partial charge in [0.2, 0.25) is 5.89 Å². The number of nitrogens with zero attached hydrogens (tertiary/aromatic N) is 2. The Morgan fingerprint density at radius 2 is 1.76 bits per heavy atom. The Labute approximate surface area is 143 Å². The zero-order chi connectivity index (χ0) is 19.0. The summed E-state index contributed by atoms with van der Waals surface area (Å²) in [7, 11) is 0. The Morgan fingerprint density at radius 3 is 2.28 bits per heavy atom. The Kier molecular flexibility index (Phi) is 4.67. The topological polar surface area (TPSA) is 68.0 Å². The number of aromatic nitrogens is 2. The van der Waals surface area contributed by atoms with Crippen LogP contribution in [0.1, 0.15) is 62.3 Å². The fraction of sp³-hybridized carbons (Fsp3) is 0.471. The van der Waals surface area contributed by atoms with Crippen LogP contribution in [0, 0.1) is 0 Å². The molecule has 1 heterocycles. The van der Waals surface area contributed by atoms with Gasteiger partial charge in [-0.1, -0.05) is 32.0 Å². The SMILES string of the molecule is CC(C)(C)c1nc(C(C)(C)NC(=O)c2cccc(C(F)(F)F)c2)no1. The van der Waals surface area contributed by atoms with Gasteiger partial charge in [0.25, 0.3) is 5.91 Å². The Balaban J connectivity index is 2.23. The molecule has 0 aliphatic rings. The number of halogens is 3. The summed E-state index contributed by atoms with van der Waals surface area (Å²) in [6, 6.07) is 4.23. The lowest BCUT2D eigenvalue weighted by atomic mass is 9.96. The van der Waals surface area contributed by atoms with E-state index in [0.717, 1.165) is 12.1 Å². The highest BCUT2D eigenvalue weighted by molar-refractivity contribution is 5.94. The first-order chi connectivity index (χ1) is 11.3. The average molecular weight is 355 g/mol. The highest BCUT2D eigenvalue weighted by Crippen LogP contribution is 2.30. The van der Waals surface area contributed by atoms with E-state index in [4.69, 9.17) is 4.52 Å². The van der Waals surface area contributed by atoms with E-state index in [-0.39, 0.29) is 16.8 Å². The molecule has 0 aliphatic heterocycles. The van der Waals surface area contributed by atoms with Crippen molar-refractivity contribution in [2.45, 2.75) is 51.7 Å². The van der Waals surface area contributed by atoms with Crippen molar-refractivity contribution in [3.8, 4) is 0 Å². The smallest absolute Gasteiger partial charge is 0.340 e. The molecule has 25 heavy (non-hydrogen) atoms. The molecule has 0 spiro atoms. The van der Waals surface area contributed by atoms with Crippen LogP contribution < -0.4 is 5.32 Å². The quantitative estimate of drug-likeness (QED) is 0.902. The van der Waals surface area contributed by atoms with Gasteiger partial charge in [-0.15, -0.1) is 0 Å². The molecule has 0 radical (unpaired) electrons. The summed E-state index contributed by atoms with van der Waals surface area (Å²) < 4.78 is 43.6. The van der Waals surface area contributed by atoms with Gasteiger partial charge in [-0.25, -0.2) is 0 Å². The summed E-state index contributed by atoms with van der Waals surface area (Å²) >= 11 is 0. The lowest BCUT2D eigenvalue weighted by Gasteiger charge is -2.22. The van der Waals surface area contributed by atoms with Crippen molar-refractivity contribution >= 4 is 5.91 Å². The van der Waals surface area contributed by atoms with Gasteiger partial charge >= 0.3 is 6.18 Å². The largest absolute Gasteiger partial charge is 0.416 e. The van der Waals surface area contributed by atoms with Gasteiger partial charge in [0.15, 0.2) is 5.82 Å². The maximum Gasteiger partial charge on any atom is 0.416 e. The van der Waals surface area contributed by atoms with Crippen molar-refractivity contribution in [3.63, 3.8) is 0 Å². The molecule has 1 aromatic heterocycles. The first-order valence-corrected chi connectivity index (χ1v) is 7.65. The van der Waals surface area contributed by atoms with Gasteiger partial charge in [-0.3, -0.25) is 4.79 Å². The van der Waals surface area contributed by atoms with Gasteiger partial charge < -0.3 is 9.84 Å². The lowest BCUT2D eigenvalue weighted by molar-refractivity contribution is -0.137. The fourth-order valence-electron chi connectivity index (χ4n) is 2.03. The summed E-state index contributed by atoms with van der Waals surface area (Å²) in [4.78, 5) is 16.6. The van der Waals surface area contributed by atoms with Crippen LogP contribution in [-0.4, -0.2) is 16.0 Å². The molecule has 0 saturated carbocycles. The molecule has 136 valence electrons. The second-order valence-electron chi connectivity index (χ2n) is 7.33. The van der Waals surface area contributed by atoms with E-state index >= 15 is 0 Å². The summed E-state index contributed by atoms with van der Waals surface area (Å²) in [6.45, 7) is 9.00. The minimum Gasteiger partial charge on any atom is -0.340 e. The molecule has 8 heteroatoms. The highest BCUT2D eigenvalue weighted by Gasteiger charge is 2.33. The summed E-state index contributed by atoms with van der Waals surface area (Å²) in [6.07, 6.45) is -4.51. The van der Waals surface area contributed by atoms with Gasteiger partial charge in [0, 0.05) is 11.0 Å². The van der Waals surface area contributed by atoms with Crippen molar-refractivity contribution in [2.75, 3.05) is 0 Å². The van der Waals surface area contributed by atoms with Gasteiger partial charge in [0.1, 0.15) is 0 Å². The zero-order valence-electron chi connectivity index (χ0n) is 14.7. The highest BCUT2D eigenvalue weighted by atomic mass is 19.4. The summed E-state index contributed by atoms with van der Waals surface area (Å²) in [5, 5.41) is 6.52. The van der Waals surface area contributed by atoms with E-state index in [1.807, 2.05) is 20.8 Å².